The van der Waals surface area contributed by atoms with Gasteiger partial charge in [-0.05, 0) is 12.1 Å². The van der Waals surface area contributed by atoms with Gasteiger partial charge in [0.2, 0.25) is 0 Å². The van der Waals surface area contributed by atoms with Crippen molar-refractivity contribution in [3.05, 3.63) is 24.3 Å². The predicted octanol–water partition coefficient (Wildman–Crippen LogP) is 0.424. The maximum atomic E-state index is 11.2. The molecule has 8 nitrogen and oxygen atoms in total. The first-order valence-corrected chi connectivity index (χ1v) is 7.48. The van der Waals surface area contributed by atoms with Crippen molar-refractivity contribution in [2.45, 2.75) is 5.27 Å². The summed E-state index contributed by atoms with van der Waals surface area (Å²) in [7, 11) is -10.7. The van der Waals surface area contributed by atoms with E-state index < -0.39 is 20.5 Å². The van der Waals surface area contributed by atoms with E-state index in [9.17, 15) is 9.13 Å². The van der Waals surface area contributed by atoms with Gasteiger partial charge in [0.1, 0.15) is 0 Å². The van der Waals surface area contributed by atoms with Crippen molar-refractivity contribution < 1.29 is 38.2 Å². The lowest BCUT2D eigenvalue weighted by atomic mass is 10.3. The van der Waals surface area contributed by atoms with E-state index >= 15 is 0 Å². The zero-order valence-corrected chi connectivity index (χ0v) is 9.91. The molecule has 0 bridgehead atoms. The molecule has 1 aliphatic rings. The fraction of sp³-hybridized carbons (Fsp3) is 0.143. The molecule has 0 aliphatic carbocycles. The molecule has 1 aromatic rings. The number of fused-ring (bicyclic) bond motifs is 1. The zero-order chi connectivity index (χ0) is 12.9. The van der Waals surface area contributed by atoms with Crippen molar-refractivity contribution in [3.63, 3.8) is 0 Å². The summed E-state index contributed by atoms with van der Waals surface area (Å²) in [6, 6.07) is 5.50. The van der Waals surface area contributed by atoms with Crippen molar-refractivity contribution in [2.24, 2.45) is 0 Å². The van der Waals surface area contributed by atoms with Crippen LogP contribution in [0.25, 0.3) is 0 Å². The van der Waals surface area contributed by atoms with Gasteiger partial charge < -0.3 is 29.0 Å². The Morgan fingerprint density at radius 2 is 1.24 bits per heavy atom. The highest BCUT2D eigenvalue weighted by Gasteiger charge is 2.69. The fourth-order valence-electron chi connectivity index (χ4n) is 1.33. The Hall–Kier alpha value is -0.880. The van der Waals surface area contributed by atoms with Crippen LogP contribution in [0.2, 0.25) is 0 Å². The number of para-hydroxylation sites is 2. The van der Waals surface area contributed by atoms with Crippen LogP contribution >= 0.6 is 15.2 Å². The molecule has 0 saturated heterocycles. The minimum atomic E-state index is -5.36. The number of rotatable bonds is 2. The average molecular weight is 282 g/mol. The van der Waals surface area contributed by atoms with Gasteiger partial charge in [0, 0.05) is 0 Å². The lowest BCUT2D eigenvalue weighted by molar-refractivity contribution is 0.0279. The van der Waals surface area contributed by atoms with Crippen LogP contribution in [-0.2, 0) is 9.13 Å². The molecule has 0 spiro atoms. The molecular weight excluding hydrogens is 274 g/mol. The van der Waals surface area contributed by atoms with Crippen molar-refractivity contribution in [2.75, 3.05) is 0 Å². The van der Waals surface area contributed by atoms with Gasteiger partial charge >= 0.3 is 20.5 Å². The summed E-state index contributed by atoms with van der Waals surface area (Å²) >= 11 is 0. The summed E-state index contributed by atoms with van der Waals surface area (Å²) in [4.78, 5) is 36.2. The molecule has 4 N–H and O–H groups in total. The van der Waals surface area contributed by atoms with Crippen LogP contribution in [0.5, 0.6) is 11.5 Å². The molecule has 0 radical (unpaired) electrons. The number of ether oxygens (including phenoxy) is 2. The lowest BCUT2D eigenvalue weighted by Gasteiger charge is -2.27. The smallest absolute Gasteiger partial charge is 0.429 e. The molecule has 0 unspecified atom stereocenters. The molecule has 10 heteroatoms. The molecular formula is C7H8O8P2. The Balaban J connectivity index is 2.58. The van der Waals surface area contributed by atoms with Gasteiger partial charge in [0.25, 0.3) is 0 Å². The summed E-state index contributed by atoms with van der Waals surface area (Å²) in [5, 5.41) is -3.29. The molecule has 1 heterocycles. The van der Waals surface area contributed by atoms with Crippen molar-refractivity contribution >= 4 is 15.2 Å². The van der Waals surface area contributed by atoms with Gasteiger partial charge in [0.05, 0.1) is 0 Å². The standard InChI is InChI=1S/C7H8O8P2/c8-16(9,10)7(17(11,12)13)14-5-3-1-2-4-6(5)15-7/h1-4H,(H2,8,9,10)(H2,11,12,13). The summed E-state index contributed by atoms with van der Waals surface area (Å²) in [5.41, 5.74) is 0. The largest absolute Gasteiger partial charge is 0.459 e. The third-order valence-corrected chi connectivity index (χ3v) is 5.47. The van der Waals surface area contributed by atoms with Crippen LogP contribution in [0.4, 0.5) is 0 Å². The van der Waals surface area contributed by atoms with Crippen LogP contribution in [0, 0.1) is 0 Å². The Labute approximate surface area is 95.1 Å². The van der Waals surface area contributed by atoms with E-state index in [0.717, 1.165) is 0 Å². The Morgan fingerprint density at radius 1 is 0.882 bits per heavy atom. The quantitative estimate of drug-likeness (QED) is 0.573. The number of hydrogen-bond acceptors (Lipinski definition) is 4. The second-order valence-corrected chi connectivity index (χ2v) is 6.99. The van der Waals surface area contributed by atoms with E-state index in [2.05, 4.69) is 9.47 Å². The first-order valence-electron chi connectivity index (χ1n) is 4.26. The van der Waals surface area contributed by atoms with Crippen LogP contribution in [0.15, 0.2) is 24.3 Å². The number of benzene rings is 1. The summed E-state index contributed by atoms with van der Waals surface area (Å²) in [6.45, 7) is 0. The zero-order valence-electron chi connectivity index (χ0n) is 8.13. The van der Waals surface area contributed by atoms with Gasteiger partial charge in [-0.15, -0.1) is 0 Å². The topological polar surface area (TPSA) is 134 Å². The van der Waals surface area contributed by atoms with Gasteiger partial charge in [-0.25, -0.2) is 0 Å². The number of hydrogen-bond donors (Lipinski definition) is 4. The van der Waals surface area contributed by atoms with E-state index in [-0.39, 0.29) is 11.5 Å². The first-order chi connectivity index (χ1) is 7.67. The summed E-state index contributed by atoms with van der Waals surface area (Å²) < 4.78 is 31.8. The molecule has 1 aliphatic heterocycles. The monoisotopic (exact) mass is 282 g/mol. The highest BCUT2D eigenvalue weighted by Crippen LogP contribution is 2.72. The van der Waals surface area contributed by atoms with Crippen molar-refractivity contribution in [1.82, 2.24) is 0 Å². The highest BCUT2D eigenvalue weighted by atomic mass is 31.2. The minimum absolute atomic E-state index is 0.140. The van der Waals surface area contributed by atoms with Crippen LogP contribution in [0.1, 0.15) is 0 Å². The summed E-state index contributed by atoms with van der Waals surface area (Å²) in [6.07, 6.45) is 0. The van der Waals surface area contributed by atoms with Gasteiger partial charge in [-0.2, -0.15) is 0 Å². The Bertz CT molecular complexity index is 494. The van der Waals surface area contributed by atoms with E-state index in [0.29, 0.717) is 0 Å². The molecule has 0 aromatic heterocycles. The maximum absolute atomic E-state index is 11.2. The fourth-order valence-corrected chi connectivity index (χ4v) is 3.56. The molecule has 2 rings (SSSR count). The molecule has 0 fully saturated rings. The van der Waals surface area contributed by atoms with Gasteiger partial charge in [-0.1, -0.05) is 12.1 Å². The van der Waals surface area contributed by atoms with Crippen LogP contribution in [0.3, 0.4) is 0 Å². The van der Waals surface area contributed by atoms with E-state index in [1.54, 1.807) is 0 Å². The lowest BCUT2D eigenvalue weighted by Crippen LogP contribution is -2.38. The highest BCUT2D eigenvalue weighted by molar-refractivity contribution is 7.71. The first kappa shape index (κ1) is 12.6. The van der Waals surface area contributed by atoms with Crippen molar-refractivity contribution in [1.29, 1.82) is 0 Å². The molecule has 0 saturated carbocycles. The molecule has 1 aromatic carbocycles. The average Bonchev–Trinajstić information content (AvgIpc) is 2.55. The van der Waals surface area contributed by atoms with E-state index in [4.69, 9.17) is 19.6 Å². The van der Waals surface area contributed by atoms with Gasteiger partial charge in [0.15, 0.2) is 11.5 Å². The second kappa shape index (κ2) is 3.55. The molecule has 94 valence electrons. The van der Waals surface area contributed by atoms with E-state index in [1.807, 2.05) is 0 Å². The van der Waals surface area contributed by atoms with Crippen LogP contribution < -0.4 is 9.47 Å². The normalized spacial score (nSPS) is 18.1. The maximum Gasteiger partial charge on any atom is 0.459 e. The Morgan fingerprint density at radius 3 is 1.53 bits per heavy atom. The second-order valence-electron chi connectivity index (χ2n) is 3.29. The van der Waals surface area contributed by atoms with Crippen LogP contribution in [-0.4, -0.2) is 24.8 Å². The van der Waals surface area contributed by atoms with Gasteiger partial charge in [-0.3, -0.25) is 9.13 Å². The third-order valence-electron chi connectivity index (χ3n) is 2.07. The summed E-state index contributed by atoms with van der Waals surface area (Å²) in [5.74, 6) is -0.279. The third kappa shape index (κ3) is 1.79. The van der Waals surface area contributed by atoms with E-state index in [1.165, 1.54) is 24.3 Å². The molecule has 17 heavy (non-hydrogen) atoms. The SMILES string of the molecule is O=P(O)(O)C1(P(=O)(O)O)Oc2ccccc2O1. The van der Waals surface area contributed by atoms with Crippen molar-refractivity contribution in [3.8, 4) is 11.5 Å². The molecule has 0 atom stereocenters. The molecule has 0 amide bonds. The minimum Gasteiger partial charge on any atom is -0.429 e. The Kier molecular flexibility index (Phi) is 2.63. The predicted molar refractivity (Wildman–Crippen MR) is 54.5 cm³/mol.